The lowest BCUT2D eigenvalue weighted by atomic mass is 9.93. The quantitative estimate of drug-likeness (QED) is 0.565. The van der Waals surface area contributed by atoms with E-state index in [2.05, 4.69) is 26.5 Å². The van der Waals surface area contributed by atoms with E-state index in [1.165, 1.54) is 5.69 Å². The molecule has 4 aliphatic rings. The van der Waals surface area contributed by atoms with Crippen molar-refractivity contribution in [2.24, 2.45) is 0 Å². The molecule has 2 unspecified atom stereocenters. The fourth-order valence-electron chi connectivity index (χ4n) is 4.83. The van der Waals surface area contributed by atoms with E-state index < -0.39 is 11.2 Å². The van der Waals surface area contributed by atoms with Gasteiger partial charge in [0, 0.05) is 37.5 Å². The summed E-state index contributed by atoms with van der Waals surface area (Å²) in [6.45, 7) is 1.77. The monoisotopic (exact) mass is 456 g/mol. The van der Waals surface area contributed by atoms with Crippen molar-refractivity contribution in [1.29, 1.82) is 0 Å². The Kier molecular flexibility index (Phi) is 5.03. The van der Waals surface area contributed by atoms with Crippen molar-refractivity contribution in [2.45, 2.75) is 61.0 Å². The Morgan fingerprint density at radius 3 is 2.88 bits per heavy atom. The average molecular weight is 457 g/mol. The normalized spacial score (nSPS) is 26.2. The Morgan fingerprint density at radius 1 is 1.31 bits per heavy atom. The molecule has 0 radical (unpaired) electrons. The zero-order valence-corrected chi connectivity index (χ0v) is 18.7. The van der Waals surface area contributed by atoms with Crippen molar-refractivity contribution in [3.05, 3.63) is 35.5 Å². The van der Waals surface area contributed by atoms with Crippen LogP contribution < -0.4 is 10.2 Å². The summed E-state index contributed by atoms with van der Waals surface area (Å²) in [6, 6.07) is 2.14. The maximum absolute atomic E-state index is 12.6. The minimum atomic E-state index is -1.07. The predicted molar refractivity (Wildman–Crippen MR) is 120 cm³/mol. The fourth-order valence-corrected chi connectivity index (χ4v) is 6.13. The summed E-state index contributed by atoms with van der Waals surface area (Å²) in [5, 5.41) is 20.8. The molecule has 32 heavy (non-hydrogen) atoms. The molecular formula is C22H28N6O3S. The van der Waals surface area contributed by atoms with Gasteiger partial charge in [-0.2, -0.15) is 10.1 Å². The minimum absolute atomic E-state index is 0.0325. The Bertz CT molecular complexity index is 1020. The lowest BCUT2D eigenvalue weighted by molar-refractivity contribution is 0.169. The van der Waals surface area contributed by atoms with E-state index in [9.17, 15) is 9.66 Å². The van der Waals surface area contributed by atoms with Crippen LogP contribution in [0.2, 0.25) is 0 Å². The molecule has 1 saturated heterocycles. The summed E-state index contributed by atoms with van der Waals surface area (Å²) in [7, 11) is 0. The Labute approximate surface area is 189 Å². The second-order valence-corrected chi connectivity index (χ2v) is 10.8. The van der Waals surface area contributed by atoms with Crippen LogP contribution in [0.15, 0.2) is 23.3 Å². The van der Waals surface area contributed by atoms with Gasteiger partial charge in [0.1, 0.15) is 23.2 Å². The third-order valence-corrected chi connectivity index (χ3v) is 8.53. The second kappa shape index (κ2) is 7.93. The van der Waals surface area contributed by atoms with Crippen LogP contribution in [0.4, 0.5) is 11.8 Å². The number of hydrogen-bond acceptors (Lipinski definition) is 8. The molecule has 5 heterocycles. The van der Waals surface area contributed by atoms with Gasteiger partial charge in [0.05, 0.1) is 18.4 Å². The third-order valence-electron chi connectivity index (χ3n) is 7.07. The first-order valence-electron chi connectivity index (χ1n) is 11.4. The van der Waals surface area contributed by atoms with E-state index in [0.29, 0.717) is 29.9 Å². The molecule has 0 bridgehead atoms. The number of aromatic amines is 1. The topological polar surface area (TPSA) is 122 Å². The van der Waals surface area contributed by atoms with E-state index in [-0.39, 0.29) is 18.2 Å². The number of nitrogens with one attached hydrogen (secondary N) is 2. The molecule has 1 saturated carbocycles. The van der Waals surface area contributed by atoms with Crippen LogP contribution in [0, 0.1) is 0 Å². The fraction of sp³-hybridized carbons (Fsp3) is 0.591. The maximum Gasteiger partial charge on any atom is 0.227 e. The number of aromatic nitrogens is 4. The van der Waals surface area contributed by atoms with E-state index in [4.69, 9.17) is 14.7 Å². The number of rotatable bonds is 6. The molecule has 3 aliphatic heterocycles. The van der Waals surface area contributed by atoms with Crippen LogP contribution in [0.5, 0.6) is 0 Å². The number of piperidine rings is 1. The molecule has 170 valence electrons. The Balaban J connectivity index is 1.17. The smallest absolute Gasteiger partial charge is 0.227 e. The third kappa shape index (κ3) is 3.64. The van der Waals surface area contributed by atoms with Crippen molar-refractivity contribution >= 4 is 22.9 Å². The number of aryl methyl sites for hydroxylation is 1. The van der Waals surface area contributed by atoms with E-state index >= 15 is 0 Å². The van der Waals surface area contributed by atoms with Gasteiger partial charge in [0.15, 0.2) is 5.82 Å². The Morgan fingerprint density at radius 2 is 2.16 bits per heavy atom. The van der Waals surface area contributed by atoms with Gasteiger partial charge in [-0.05, 0) is 49.0 Å². The number of aliphatic hydroxyl groups excluding tert-OH is 1. The van der Waals surface area contributed by atoms with E-state index in [1.807, 2.05) is 6.08 Å². The second-order valence-electron chi connectivity index (χ2n) is 9.25. The highest BCUT2D eigenvalue weighted by Gasteiger charge is 2.45. The number of aliphatic hydroxyl groups is 1. The zero-order valence-electron chi connectivity index (χ0n) is 17.9. The minimum Gasteiger partial charge on any atom is -0.611 e. The van der Waals surface area contributed by atoms with Crippen molar-refractivity contribution in [3.8, 4) is 0 Å². The summed E-state index contributed by atoms with van der Waals surface area (Å²) in [5.41, 5.74) is 2.71. The molecule has 6 rings (SSSR count). The van der Waals surface area contributed by atoms with Gasteiger partial charge in [0.25, 0.3) is 0 Å². The molecule has 1 aliphatic carbocycles. The van der Waals surface area contributed by atoms with Gasteiger partial charge in [0.2, 0.25) is 10.8 Å². The zero-order chi connectivity index (χ0) is 21.7. The van der Waals surface area contributed by atoms with Crippen LogP contribution >= 0.6 is 0 Å². The molecule has 2 fully saturated rings. The average Bonchev–Trinajstić information content (AvgIpc) is 3.23. The molecule has 10 heteroatoms. The lowest BCUT2D eigenvalue weighted by Gasteiger charge is -2.32. The first-order chi connectivity index (χ1) is 15.6. The molecule has 3 N–H and O–H groups in total. The van der Waals surface area contributed by atoms with Gasteiger partial charge >= 0.3 is 0 Å². The molecule has 9 nitrogen and oxygen atoms in total. The molecule has 2 atom stereocenters. The van der Waals surface area contributed by atoms with Crippen molar-refractivity contribution in [2.75, 3.05) is 35.7 Å². The highest BCUT2D eigenvalue weighted by Crippen LogP contribution is 2.42. The van der Waals surface area contributed by atoms with E-state index in [1.54, 1.807) is 6.26 Å². The molecule has 0 aromatic carbocycles. The molecule has 0 spiro atoms. The summed E-state index contributed by atoms with van der Waals surface area (Å²) in [6.07, 6.45) is 9.18. The molecule has 2 aromatic heterocycles. The summed E-state index contributed by atoms with van der Waals surface area (Å²) in [5.74, 6) is 2.37. The number of nitrogens with zero attached hydrogens (tertiary/aromatic N) is 4. The van der Waals surface area contributed by atoms with Gasteiger partial charge in [-0.15, -0.1) is 0 Å². The predicted octanol–water partition coefficient (Wildman–Crippen LogP) is 2.16. The number of hydrogen-bond donors (Lipinski definition) is 3. The van der Waals surface area contributed by atoms with Crippen molar-refractivity contribution in [3.63, 3.8) is 0 Å². The number of anilines is 2. The largest absolute Gasteiger partial charge is 0.611 e. The van der Waals surface area contributed by atoms with Crippen LogP contribution in [0.3, 0.4) is 0 Å². The first kappa shape index (κ1) is 20.3. The summed E-state index contributed by atoms with van der Waals surface area (Å²) < 4.78 is 18.1. The number of H-pyrrole nitrogens is 1. The van der Waals surface area contributed by atoms with Gasteiger partial charge < -0.3 is 24.6 Å². The van der Waals surface area contributed by atoms with Gasteiger partial charge in [-0.1, -0.05) is 0 Å². The molecule has 0 amide bonds. The van der Waals surface area contributed by atoms with Crippen LogP contribution in [0.25, 0.3) is 0 Å². The van der Waals surface area contributed by atoms with Gasteiger partial charge in [-0.25, -0.2) is 4.98 Å². The highest BCUT2D eigenvalue weighted by atomic mass is 32.2. The highest BCUT2D eigenvalue weighted by molar-refractivity contribution is 7.91. The number of ether oxygens (including phenoxy) is 1. The standard InChI is InChI=1S/C22H28N6O3S/c29-13-22(6-7-22)25-20-19-15(5-11-32(19)30)23-21(24-20)28-8-3-14(4-9-28)16-12-17(27-26-16)18-2-1-10-31-18/h1,10,12,14,18,29H,2-9,11,13H2,(H,26,27)(H,23,24,25). The molecule has 2 aromatic rings. The van der Waals surface area contributed by atoms with Gasteiger partial charge in [-0.3, -0.25) is 5.10 Å². The van der Waals surface area contributed by atoms with Crippen LogP contribution in [0.1, 0.15) is 61.2 Å². The van der Waals surface area contributed by atoms with Crippen molar-refractivity contribution in [1.82, 2.24) is 20.2 Å². The summed E-state index contributed by atoms with van der Waals surface area (Å²) in [4.78, 5) is 12.6. The van der Waals surface area contributed by atoms with Crippen LogP contribution in [-0.4, -0.2) is 60.8 Å². The van der Waals surface area contributed by atoms with Crippen molar-refractivity contribution < 1.29 is 14.4 Å². The SMILES string of the molecule is [O-][S+]1CCc2nc(N3CCC(c4cc(C5CC=CO5)n[nH]4)CC3)nc(NC3(CO)CC3)c21. The molecular weight excluding hydrogens is 428 g/mol. The first-order valence-corrected chi connectivity index (χ1v) is 12.7. The van der Waals surface area contributed by atoms with E-state index in [0.717, 1.165) is 61.5 Å². The Hall–Kier alpha value is -2.30. The maximum atomic E-state index is 12.6. The van der Waals surface area contributed by atoms with Crippen LogP contribution in [-0.2, 0) is 22.3 Å². The number of fused-ring (bicyclic) bond motifs is 1. The lowest BCUT2D eigenvalue weighted by Crippen LogP contribution is -2.35. The summed E-state index contributed by atoms with van der Waals surface area (Å²) >= 11 is -1.07.